The van der Waals surface area contributed by atoms with E-state index in [0.29, 0.717) is 5.92 Å². The lowest BCUT2D eigenvalue weighted by molar-refractivity contribution is 0.403. The first kappa shape index (κ1) is 10.8. The normalized spacial score (nSPS) is 10.4. The summed E-state index contributed by atoms with van der Waals surface area (Å²) in [6, 6.07) is 0. The first-order valence-corrected chi connectivity index (χ1v) is 4.74. The first-order valence-electron chi connectivity index (χ1n) is 4.74. The van der Waals surface area contributed by atoms with E-state index in [9.17, 15) is 0 Å². The van der Waals surface area contributed by atoms with Crippen LogP contribution in [0.1, 0.15) is 19.5 Å². The molecule has 78 valence electrons. The highest BCUT2D eigenvalue weighted by atomic mass is 16.5. The zero-order chi connectivity index (χ0) is 10.6. The van der Waals surface area contributed by atoms with Gasteiger partial charge in [-0.15, -0.1) is 0 Å². The standard InChI is InChI=1S/C10H17N3O/c1-7(2)5-8-9(14-4)10(11-3)13-6-12-8/h6-7H,5H2,1-4H3,(H,11,12,13). The Kier molecular flexibility index (Phi) is 3.68. The third kappa shape index (κ3) is 2.34. The molecule has 0 amide bonds. The SMILES string of the molecule is CNc1ncnc(CC(C)C)c1OC. The molecule has 1 N–H and O–H groups in total. The molecule has 0 bridgehead atoms. The molecular weight excluding hydrogens is 178 g/mol. The van der Waals surface area contributed by atoms with Crippen LogP contribution in [0.2, 0.25) is 0 Å². The highest BCUT2D eigenvalue weighted by Crippen LogP contribution is 2.25. The van der Waals surface area contributed by atoms with Crippen molar-refractivity contribution < 1.29 is 4.74 Å². The van der Waals surface area contributed by atoms with Crippen LogP contribution < -0.4 is 10.1 Å². The lowest BCUT2D eigenvalue weighted by Crippen LogP contribution is -2.05. The second-order valence-corrected chi connectivity index (χ2v) is 3.55. The van der Waals surface area contributed by atoms with Gasteiger partial charge in [-0.1, -0.05) is 13.8 Å². The van der Waals surface area contributed by atoms with Gasteiger partial charge in [0.2, 0.25) is 0 Å². The molecule has 1 heterocycles. The lowest BCUT2D eigenvalue weighted by Gasteiger charge is -2.12. The Morgan fingerprint density at radius 1 is 1.43 bits per heavy atom. The van der Waals surface area contributed by atoms with Crippen molar-refractivity contribution in [2.45, 2.75) is 20.3 Å². The number of hydrogen-bond acceptors (Lipinski definition) is 4. The molecule has 1 aromatic heterocycles. The van der Waals surface area contributed by atoms with Crippen molar-refractivity contribution in [1.29, 1.82) is 0 Å². The Morgan fingerprint density at radius 3 is 2.64 bits per heavy atom. The monoisotopic (exact) mass is 195 g/mol. The van der Waals surface area contributed by atoms with Gasteiger partial charge < -0.3 is 10.1 Å². The molecule has 0 unspecified atom stereocenters. The van der Waals surface area contributed by atoms with Crippen LogP contribution in [0.4, 0.5) is 5.82 Å². The van der Waals surface area contributed by atoms with Crippen molar-refractivity contribution in [2.75, 3.05) is 19.5 Å². The van der Waals surface area contributed by atoms with Gasteiger partial charge in [0.1, 0.15) is 6.33 Å². The van der Waals surface area contributed by atoms with Gasteiger partial charge in [0.05, 0.1) is 12.8 Å². The largest absolute Gasteiger partial charge is 0.491 e. The van der Waals surface area contributed by atoms with Crippen molar-refractivity contribution in [1.82, 2.24) is 9.97 Å². The molecule has 0 saturated heterocycles. The van der Waals surface area contributed by atoms with Crippen LogP contribution in [-0.2, 0) is 6.42 Å². The van der Waals surface area contributed by atoms with E-state index in [1.54, 1.807) is 13.4 Å². The maximum Gasteiger partial charge on any atom is 0.182 e. The van der Waals surface area contributed by atoms with Crippen LogP contribution in [0, 0.1) is 5.92 Å². The van der Waals surface area contributed by atoms with Crippen LogP contribution >= 0.6 is 0 Å². The summed E-state index contributed by atoms with van der Waals surface area (Å²) in [5, 5.41) is 2.98. The van der Waals surface area contributed by atoms with Gasteiger partial charge in [0.25, 0.3) is 0 Å². The fourth-order valence-electron chi connectivity index (χ4n) is 1.33. The average Bonchev–Trinajstić information content (AvgIpc) is 2.16. The van der Waals surface area contributed by atoms with Crippen molar-refractivity contribution in [3.63, 3.8) is 0 Å². The molecule has 0 aliphatic carbocycles. The van der Waals surface area contributed by atoms with Gasteiger partial charge in [0.15, 0.2) is 11.6 Å². The molecule has 0 atom stereocenters. The quantitative estimate of drug-likeness (QED) is 0.794. The predicted molar refractivity (Wildman–Crippen MR) is 56.7 cm³/mol. The number of rotatable bonds is 4. The fraction of sp³-hybridized carbons (Fsp3) is 0.600. The predicted octanol–water partition coefficient (Wildman–Crippen LogP) is 1.73. The van der Waals surface area contributed by atoms with E-state index in [1.807, 2.05) is 7.05 Å². The zero-order valence-electron chi connectivity index (χ0n) is 9.16. The van der Waals surface area contributed by atoms with Crippen LogP contribution in [0.5, 0.6) is 5.75 Å². The number of nitrogens with zero attached hydrogens (tertiary/aromatic N) is 2. The van der Waals surface area contributed by atoms with E-state index in [4.69, 9.17) is 4.74 Å². The summed E-state index contributed by atoms with van der Waals surface area (Å²) < 4.78 is 5.28. The third-order valence-corrected chi connectivity index (χ3v) is 1.92. The molecule has 4 nitrogen and oxygen atoms in total. The maximum absolute atomic E-state index is 5.28. The molecule has 1 rings (SSSR count). The molecule has 0 spiro atoms. The summed E-state index contributed by atoms with van der Waals surface area (Å²) in [7, 11) is 3.47. The van der Waals surface area contributed by atoms with Gasteiger partial charge in [-0.3, -0.25) is 0 Å². The van der Waals surface area contributed by atoms with Gasteiger partial charge in [-0.25, -0.2) is 9.97 Å². The summed E-state index contributed by atoms with van der Waals surface area (Å²) in [5.74, 6) is 2.06. The fourth-order valence-corrected chi connectivity index (χ4v) is 1.33. The van der Waals surface area contributed by atoms with Crippen molar-refractivity contribution >= 4 is 5.82 Å². The van der Waals surface area contributed by atoms with Gasteiger partial charge >= 0.3 is 0 Å². The molecule has 14 heavy (non-hydrogen) atoms. The van der Waals surface area contributed by atoms with Crippen LogP contribution in [0.3, 0.4) is 0 Å². The molecular formula is C10H17N3O. The van der Waals surface area contributed by atoms with E-state index in [-0.39, 0.29) is 0 Å². The zero-order valence-corrected chi connectivity index (χ0v) is 9.16. The average molecular weight is 195 g/mol. The summed E-state index contributed by atoms with van der Waals surface area (Å²) in [6.07, 6.45) is 2.46. The molecule has 0 fully saturated rings. The number of ether oxygens (including phenoxy) is 1. The van der Waals surface area contributed by atoms with Gasteiger partial charge in [0, 0.05) is 7.05 Å². The van der Waals surface area contributed by atoms with Crippen LogP contribution in [0.15, 0.2) is 6.33 Å². The smallest absolute Gasteiger partial charge is 0.182 e. The summed E-state index contributed by atoms with van der Waals surface area (Å²) >= 11 is 0. The third-order valence-electron chi connectivity index (χ3n) is 1.92. The first-order chi connectivity index (χ1) is 6.69. The molecule has 0 radical (unpaired) electrons. The lowest BCUT2D eigenvalue weighted by atomic mass is 10.1. The van der Waals surface area contributed by atoms with Crippen LogP contribution in [0.25, 0.3) is 0 Å². The minimum Gasteiger partial charge on any atom is -0.491 e. The van der Waals surface area contributed by atoms with E-state index >= 15 is 0 Å². The Labute approximate surface area is 84.7 Å². The number of aromatic nitrogens is 2. The van der Waals surface area contributed by atoms with Gasteiger partial charge in [-0.05, 0) is 12.3 Å². The van der Waals surface area contributed by atoms with Gasteiger partial charge in [-0.2, -0.15) is 0 Å². The number of methoxy groups -OCH3 is 1. The van der Waals surface area contributed by atoms with Crippen LogP contribution in [-0.4, -0.2) is 24.1 Å². The van der Waals surface area contributed by atoms with E-state index in [0.717, 1.165) is 23.7 Å². The molecule has 0 aliphatic heterocycles. The second-order valence-electron chi connectivity index (χ2n) is 3.55. The Bertz CT molecular complexity index is 299. The Hall–Kier alpha value is -1.32. The van der Waals surface area contributed by atoms with E-state index in [2.05, 4.69) is 29.1 Å². The summed E-state index contributed by atoms with van der Waals surface area (Å²) in [5.41, 5.74) is 0.960. The Morgan fingerprint density at radius 2 is 2.14 bits per heavy atom. The van der Waals surface area contributed by atoms with Crippen molar-refractivity contribution in [3.8, 4) is 5.75 Å². The second kappa shape index (κ2) is 4.79. The van der Waals surface area contributed by atoms with Crippen molar-refractivity contribution in [2.24, 2.45) is 5.92 Å². The van der Waals surface area contributed by atoms with Crippen molar-refractivity contribution in [3.05, 3.63) is 12.0 Å². The maximum atomic E-state index is 5.28. The molecule has 0 aromatic carbocycles. The summed E-state index contributed by atoms with van der Waals surface area (Å²) in [6.45, 7) is 4.31. The summed E-state index contributed by atoms with van der Waals surface area (Å²) in [4.78, 5) is 8.31. The minimum absolute atomic E-state index is 0.559. The highest BCUT2D eigenvalue weighted by Gasteiger charge is 2.11. The Balaban J connectivity index is 3.02. The molecule has 0 saturated carbocycles. The number of hydrogen-bond donors (Lipinski definition) is 1. The van der Waals surface area contributed by atoms with E-state index in [1.165, 1.54) is 0 Å². The molecule has 1 aromatic rings. The molecule has 4 heteroatoms. The topological polar surface area (TPSA) is 47.0 Å². The number of nitrogens with one attached hydrogen (secondary N) is 1. The van der Waals surface area contributed by atoms with E-state index < -0.39 is 0 Å². The minimum atomic E-state index is 0.559. The molecule has 0 aliphatic rings. The number of anilines is 1. The highest BCUT2D eigenvalue weighted by molar-refractivity contribution is 5.51.